The van der Waals surface area contributed by atoms with Gasteiger partial charge in [0.15, 0.2) is 5.84 Å². The van der Waals surface area contributed by atoms with Gasteiger partial charge in [0.1, 0.15) is 0 Å². The number of carbonyl (C=O) groups excluding carboxylic acids is 1. The van der Waals surface area contributed by atoms with Crippen LogP contribution < -0.4 is 5.32 Å². The molecule has 1 N–H and O–H groups in total. The van der Waals surface area contributed by atoms with E-state index in [0.29, 0.717) is 6.54 Å². The van der Waals surface area contributed by atoms with Crippen LogP contribution >= 0.6 is 34.8 Å². The van der Waals surface area contributed by atoms with Crippen LogP contribution in [-0.2, 0) is 4.74 Å². The van der Waals surface area contributed by atoms with Gasteiger partial charge in [0, 0.05) is 6.54 Å². The molecule has 88 valence electrons. The molecule has 0 bridgehead atoms. The second-order valence-electron chi connectivity index (χ2n) is 2.70. The lowest BCUT2D eigenvalue weighted by Crippen LogP contribution is -2.39. The lowest BCUT2D eigenvalue weighted by Gasteiger charge is -2.14. The topological polar surface area (TPSA) is 50.7 Å². The molecular weight excluding hydrogens is 262 g/mol. The van der Waals surface area contributed by atoms with Crippen LogP contribution in [0.15, 0.2) is 4.99 Å². The van der Waals surface area contributed by atoms with Gasteiger partial charge in [0.05, 0.1) is 7.11 Å². The number of methoxy groups -OCH3 is 1. The van der Waals surface area contributed by atoms with Gasteiger partial charge in [-0.3, -0.25) is 10.3 Å². The second kappa shape index (κ2) is 7.14. The molecule has 1 amide bonds. The molecule has 0 fully saturated rings. The summed E-state index contributed by atoms with van der Waals surface area (Å²) >= 11 is 16.8. The first-order chi connectivity index (χ1) is 6.91. The van der Waals surface area contributed by atoms with Gasteiger partial charge in [0.2, 0.25) is 3.79 Å². The van der Waals surface area contributed by atoms with E-state index < -0.39 is 9.89 Å². The number of amidine groups is 1. The van der Waals surface area contributed by atoms with Crippen molar-refractivity contribution in [3.05, 3.63) is 0 Å². The highest BCUT2D eigenvalue weighted by Crippen LogP contribution is 2.27. The molecule has 0 aromatic carbocycles. The van der Waals surface area contributed by atoms with Crippen molar-refractivity contribution < 1.29 is 9.53 Å². The van der Waals surface area contributed by atoms with Gasteiger partial charge in [-0.2, -0.15) is 0 Å². The number of ether oxygens (including phenoxy) is 1. The molecule has 15 heavy (non-hydrogen) atoms. The molecule has 0 spiro atoms. The van der Waals surface area contributed by atoms with Crippen LogP contribution in [0.4, 0.5) is 4.79 Å². The second-order valence-corrected chi connectivity index (χ2v) is 4.98. The van der Waals surface area contributed by atoms with E-state index in [1.54, 1.807) is 0 Å². The molecular formula is C8H13Cl3N2O2. The van der Waals surface area contributed by atoms with Gasteiger partial charge in [-0.25, -0.2) is 4.79 Å². The summed E-state index contributed by atoms with van der Waals surface area (Å²) in [6.07, 6.45) is 1.11. The van der Waals surface area contributed by atoms with Crippen LogP contribution in [0.2, 0.25) is 0 Å². The van der Waals surface area contributed by atoms with Crippen LogP contribution in [0, 0.1) is 0 Å². The molecule has 0 heterocycles. The zero-order valence-corrected chi connectivity index (χ0v) is 10.8. The molecule has 0 atom stereocenters. The lowest BCUT2D eigenvalue weighted by atomic mass is 10.3. The summed E-state index contributed by atoms with van der Waals surface area (Å²) < 4.78 is 2.63. The van der Waals surface area contributed by atoms with Crippen molar-refractivity contribution in [2.45, 2.75) is 23.6 Å². The molecule has 7 heteroatoms. The summed E-state index contributed by atoms with van der Waals surface area (Å²) in [5, 5.41) is 2.26. The largest absolute Gasteiger partial charge is 0.453 e. The van der Waals surface area contributed by atoms with E-state index in [2.05, 4.69) is 15.0 Å². The van der Waals surface area contributed by atoms with Crippen LogP contribution in [0.3, 0.4) is 0 Å². The highest BCUT2D eigenvalue weighted by atomic mass is 35.6. The maximum atomic E-state index is 10.9. The number of hydrogen-bond acceptors (Lipinski definition) is 3. The molecule has 4 nitrogen and oxygen atoms in total. The highest BCUT2D eigenvalue weighted by molar-refractivity contribution is 6.76. The minimum atomic E-state index is -1.75. The number of nitrogens with one attached hydrogen (secondary N) is 1. The Balaban J connectivity index is 4.45. The number of amides is 1. The zero-order valence-electron chi connectivity index (χ0n) is 8.52. The van der Waals surface area contributed by atoms with Gasteiger partial charge in [-0.15, -0.1) is 0 Å². The third-order valence-electron chi connectivity index (χ3n) is 1.46. The maximum absolute atomic E-state index is 10.9. The highest BCUT2D eigenvalue weighted by Gasteiger charge is 2.29. The first-order valence-corrected chi connectivity index (χ1v) is 5.51. The van der Waals surface area contributed by atoms with Gasteiger partial charge >= 0.3 is 6.09 Å². The summed E-state index contributed by atoms with van der Waals surface area (Å²) in [7, 11) is 1.22. The summed E-state index contributed by atoms with van der Waals surface area (Å²) in [6.45, 7) is 2.50. The number of alkyl carbamates (subject to hydrolysis) is 1. The number of halogens is 3. The van der Waals surface area contributed by atoms with Crippen LogP contribution in [0.25, 0.3) is 0 Å². The van der Waals surface area contributed by atoms with E-state index in [-0.39, 0.29) is 5.84 Å². The number of unbranched alkanes of at least 4 members (excludes halogenated alkanes) is 1. The monoisotopic (exact) mass is 274 g/mol. The molecule has 0 aromatic rings. The van der Waals surface area contributed by atoms with Crippen LogP contribution in [0.5, 0.6) is 0 Å². The van der Waals surface area contributed by atoms with E-state index in [4.69, 9.17) is 34.8 Å². The van der Waals surface area contributed by atoms with Gasteiger partial charge in [-0.1, -0.05) is 48.1 Å². The quantitative estimate of drug-likeness (QED) is 0.373. The maximum Gasteiger partial charge on any atom is 0.412 e. The van der Waals surface area contributed by atoms with E-state index in [1.165, 1.54) is 7.11 Å². The Labute approximate surface area is 104 Å². The molecule has 0 saturated heterocycles. The van der Waals surface area contributed by atoms with Crippen molar-refractivity contribution in [2.24, 2.45) is 4.99 Å². The number of alkyl halides is 3. The molecule has 0 radical (unpaired) electrons. The normalized spacial score (nSPS) is 12.5. The Bertz CT molecular complexity index is 239. The smallest absolute Gasteiger partial charge is 0.412 e. The molecule has 0 aliphatic rings. The molecule has 0 unspecified atom stereocenters. The van der Waals surface area contributed by atoms with Crippen molar-refractivity contribution in [3.63, 3.8) is 0 Å². The third-order valence-corrected chi connectivity index (χ3v) is 1.99. The third kappa shape index (κ3) is 6.82. The number of nitrogens with zero attached hydrogens (tertiary/aromatic N) is 1. The van der Waals surface area contributed by atoms with E-state index >= 15 is 0 Å². The minimum absolute atomic E-state index is 0.0206. The first-order valence-electron chi connectivity index (χ1n) is 4.38. The Kier molecular flexibility index (Phi) is 7.05. The molecule has 0 rings (SSSR count). The van der Waals surface area contributed by atoms with E-state index in [1.807, 2.05) is 6.92 Å². The van der Waals surface area contributed by atoms with E-state index in [0.717, 1.165) is 12.8 Å². The number of rotatable bonds is 3. The summed E-state index contributed by atoms with van der Waals surface area (Å²) in [5.74, 6) is -0.0206. The summed E-state index contributed by atoms with van der Waals surface area (Å²) in [5.41, 5.74) is 0. The Morgan fingerprint density at radius 3 is 2.47 bits per heavy atom. The van der Waals surface area contributed by atoms with Gasteiger partial charge < -0.3 is 4.74 Å². The SMILES string of the molecule is CCCCN=C(NC(=O)OC)C(Cl)(Cl)Cl. The summed E-state index contributed by atoms with van der Waals surface area (Å²) in [6, 6.07) is 0. The number of aliphatic imine (C=N–C) groups is 1. The Morgan fingerprint density at radius 1 is 1.47 bits per heavy atom. The Morgan fingerprint density at radius 2 is 2.07 bits per heavy atom. The fourth-order valence-electron chi connectivity index (χ4n) is 0.697. The molecule has 0 saturated carbocycles. The number of carbonyl (C=O) groups is 1. The first kappa shape index (κ1) is 14.8. The standard InChI is InChI=1S/C8H13Cl3N2O2/c1-3-4-5-12-6(8(9,10)11)13-7(14)15-2/h3-5H2,1-2H3,(H,12,13,14). The fraction of sp³-hybridized carbons (Fsp3) is 0.750. The van der Waals surface area contributed by atoms with Crippen molar-refractivity contribution in [3.8, 4) is 0 Å². The van der Waals surface area contributed by atoms with Crippen molar-refractivity contribution in [1.29, 1.82) is 0 Å². The van der Waals surface area contributed by atoms with E-state index in [9.17, 15) is 4.79 Å². The zero-order chi connectivity index (χ0) is 11.9. The molecule has 0 aliphatic carbocycles. The van der Waals surface area contributed by atoms with Gasteiger partial charge in [0.25, 0.3) is 0 Å². The minimum Gasteiger partial charge on any atom is -0.453 e. The van der Waals surface area contributed by atoms with Crippen molar-refractivity contribution in [2.75, 3.05) is 13.7 Å². The lowest BCUT2D eigenvalue weighted by molar-refractivity contribution is 0.176. The summed E-state index contributed by atoms with van der Waals surface area (Å²) in [4.78, 5) is 14.9. The Hall–Kier alpha value is -0.190. The fourth-order valence-corrected chi connectivity index (χ4v) is 1.02. The van der Waals surface area contributed by atoms with Gasteiger partial charge in [-0.05, 0) is 6.42 Å². The van der Waals surface area contributed by atoms with Crippen molar-refractivity contribution >= 4 is 46.7 Å². The van der Waals surface area contributed by atoms with Crippen molar-refractivity contribution in [1.82, 2.24) is 5.32 Å². The number of hydrogen-bond donors (Lipinski definition) is 1. The average molecular weight is 276 g/mol. The average Bonchev–Trinajstić information content (AvgIpc) is 2.14. The molecule has 0 aromatic heterocycles. The predicted molar refractivity (Wildman–Crippen MR) is 63.0 cm³/mol. The van der Waals surface area contributed by atoms with Crippen LogP contribution in [-0.4, -0.2) is 29.4 Å². The van der Waals surface area contributed by atoms with Crippen LogP contribution in [0.1, 0.15) is 19.8 Å². The predicted octanol–water partition coefficient (Wildman–Crippen LogP) is 2.91. The molecule has 0 aliphatic heterocycles.